The Labute approximate surface area is 160 Å². The van der Waals surface area contributed by atoms with Crippen LogP contribution in [-0.4, -0.2) is 54.3 Å². The van der Waals surface area contributed by atoms with E-state index in [1.807, 2.05) is 0 Å². The fourth-order valence-corrected chi connectivity index (χ4v) is 4.99. The summed E-state index contributed by atoms with van der Waals surface area (Å²) in [6, 6.07) is 0.0137. The average Bonchev–Trinajstić information content (AvgIpc) is 3.23. The number of H-pyrrole nitrogens is 1. The molecule has 8 nitrogen and oxygen atoms in total. The number of aromatic amines is 1. The lowest BCUT2D eigenvalue weighted by Crippen LogP contribution is -2.51. The van der Waals surface area contributed by atoms with E-state index >= 15 is 0 Å². The highest BCUT2D eigenvalue weighted by atomic mass is 32.1. The third-order valence-corrected chi connectivity index (χ3v) is 6.79. The van der Waals surface area contributed by atoms with Gasteiger partial charge in [0.1, 0.15) is 17.2 Å². The molecule has 0 aromatic carbocycles. The highest BCUT2D eigenvalue weighted by Gasteiger charge is 2.38. The molecule has 142 valence electrons. The molecule has 1 atom stereocenters. The smallest absolute Gasteiger partial charge is 0.263 e. The molecule has 2 aromatic heterocycles. The molecule has 3 N–H and O–H groups in total. The predicted octanol–water partition coefficient (Wildman–Crippen LogP) is 1.37. The molecule has 5 rings (SSSR count). The number of carbonyl (C=O) groups is 2. The lowest BCUT2D eigenvalue weighted by Gasteiger charge is -2.37. The lowest BCUT2D eigenvalue weighted by molar-refractivity contribution is -0.127. The molecule has 2 aromatic rings. The van der Waals surface area contributed by atoms with Gasteiger partial charge in [0.05, 0.1) is 17.1 Å². The molecule has 0 saturated heterocycles. The minimum atomic E-state index is -0.0729. The molecular formula is C18H21N5O3S. The van der Waals surface area contributed by atoms with E-state index in [9.17, 15) is 9.59 Å². The van der Waals surface area contributed by atoms with Gasteiger partial charge in [0.15, 0.2) is 5.75 Å². The van der Waals surface area contributed by atoms with E-state index in [1.54, 1.807) is 12.4 Å². The molecule has 2 aliphatic heterocycles. The summed E-state index contributed by atoms with van der Waals surface area (Å²) in [5.74, 6) is 0.980. The van der Waals surface area contributed by atoms with Gasteiger partial charge in [-0.1, -0.05) is 6.42 Å². The Hall–Kier alpha value is -2.55. The van der Waals surface area contributed by atoms with Crippen LogP contribution >= 0.6 is 11.3 Å². The summed E-state index contributed by atoms with van der Waals surface area (Å²) in [5.41, 5.74) is 1.76. The second-order valence-electron chi connectivity index (χ2n) is 7.21. The van der Waals surface area contributed by atoms with Gasteiger partial charge in [-0.05, 0) is 12.8 Å². The zero-order valence-corrected chi connectivity index (χ0v) is 15.6. The van der Waals surface area contributed by atoms with Crippen molar-refractivity contribution in [2.45, 2.75) is 25.3 Å². The maximum atomic E-state index is 12.6. The van der Waals surface area contributed by atoms with Crippen molar-refractivity contribution in [1.82, 2.24) is 20.8 Å². The van der Waals surface area contributed by atoms with Crippen molar-refractivity contribution in [3.63, 3.8) is 0 Å². The Bertz CT molecular complexity index is 874. The van der Waals surface area contributed by atoms with Gasteiger partial charge in [-0.15, -0.1) is 11.3 Å². The number of carbonyl (C=O) groups excluding carboxylic acids is 2. The Morgan fingerprint density at radius 3 is 3.04 bits per heavy atom. The largest absolute Gasteiger partial charge is 0.488 e. The molecular weight excluding hydrogens is 366 g/mol. The number of anilines is 1. The highest BCUT2D eigenvalue weighted by molar-refractivity contribution is 7.18. The third kappa shape index (κ3) is 2.77. The molecule has 27 heavy (non-hydrogen) atoms. The number of hydrogen-bond donors (Lipinski definition) is 3. The molecule has 0 radical (unpaired) electrons. The van der Waals surface area contributed by atoms with E-state index < -0.39 is 0 Å². The second-order valence-corrected chi connectivity index (χ2v) is 8.23. The van der Waals surface area contributed by atoms with E-state index in [0.29, 0.717) is 31.1 Å². The van der Waals surface area contributed by atoms with Gasteiger partial charge in [0, 0.05) is 37.3 Å². The van der Waals surface area contributed by atoms with Crippen LogP contribution in [0.5, 0.6) is 5.75 Å². The van der Waals surface area contributed by atoms with E-state index in [-0.39, 0.29) is 23.8 Å². The van der Waals surface area contributed by atoms with E-state index in [4.69, 9.17) is 4.74 Å². The van der Waals surface area contributed by atoms with Crippen molar-refractivity contribution in [1.29, 1.82) is 0 Å². The molecule has 4 heterocycles. The summed E-state index contributed by atoms with van der Waals surface area (Å²) in [7, 11) is 0. The minimum absolute atomic E-state index is 0.0137. The Morgan fingerprint density at radius 1 is 1.41 bits per heavy atom. The molecule has 1 unspecified atom stereocenters. The van der Waals surface area contributed by atoms with Gasteiger partial charge in [-0.3, -0.25) is 14.7 Å². The lowest BCUT2D eigenvalue weighted by atomic mass is 9.85. The van der Waals surface area contributed by atoms with Gasteiger partial charge < -0.3 is 20.3 Å². The topological polar surface area (TPSA) is 99.3 Å². The molecule has 3 aliphatic rings. The normalized spacial score (nSPS) is 21.6. The van der Waals surface area contributed by atoms with Crippen molar-refractivity contribution < 1.29 is 14.3 Å². The van der Waals surface area contributed by atoms with Crippen LogP contribution in [0.2, 0.25) is 0 Å². The predicted molar refractivity (Wildman–Crippen MR) is 101 cm³/mol. The summed E-state index contributed by atoms with van der Waals surface area (Å²) in [6.45, 7) is 2.28. The van der Waals surface area contributed by atoms with Crippen LogP contribution in [0.1, 0.15) is 28.9 Å². The van der Waals surface area contributed by atoms with Crippen molar-refractivity contribution in [2.75, 3.05) is 31.1 Å². The van der Waals surface area contributed by atoms with Crippen molar-refractivity contribution in [3.8, 4) is 16.2 Å². The first-order valence-electron chi connectivity index (χ1n) is 9.33. The van der Waals surface area contributed by atoms with Crippen molar-refractivity contribution in [2.24, 2.45) is 5.92 Å². The third-order valence-electron chi connectivity index (χ3n) is 5.58. The maximum absolute atomic E-state index is 12.6. The van der Waals surface area contributed by atoms with Crippen LogP contribution in [0.25, 0.3) is 10.4 Å². The Balaban J connectivity index is 1.44. The number of aromatic nitrogens is 2. The summed E-state index contributed by atoms with van der Waals surface area (Å²) in [6.07, 6.45) is 6.66. The molecule has 0 spiro atoms. The van der Waals surface area contributed by atoms with Crippen molar-refractivity contribution >= 4 is 28.8 Å². The quantitative estimate of drug-likeness (QED) is 0.736. The zero-order valence-electron chi connectivity index (χ0n) is 14.8. The van der Waals surface area contributed by atoms with Gasteiger partial charge in [-0.2, -0.15) is 5.10 Å². The van der Waals surface area contributed by atoms with Gasteiger partial charge >= 0.3 is 0 Å². The van der Waals surface area contributed by atoms with Crippen LogP contribution in [0, 0.1) is 5.92 Å². The Morgan fingerprint density at radius 2 is 2.30 bits per heavy atom. The van der Waals surface area contributed by atoms with E-state index in [2.05, 4.69) is 25.7 Å². The molecule has 1 saturated carbocycles. The second kappa shape index (κ2) is 6.56. The van der Waals surface area contributed by atoms with Crippen LogP contribution in [-0.2, 0) is 4.79 Å². The monoisotopic (exact) mass is 387 g/mol. The summed E-state index contributed by atoms with van der Waals surface area (Å²) < 4.78 is 6.11. The number of amides is 2. The first-order chi connectivity index (χ1) is 13.2. The number of ether oxygens (including phenoxy) is 1. The first kappa shape index (κ1) is 16.6. The van der Waals surface area contributed by atoms with Gasteiger partial charge in [0.25, 0.3) is 5.91 Å². The molecule has 0 bridgehead atoms. The zero-order chi connectivity index (χ0) is 18.4. The van der Waals surface area contributed by atoms with Crippen LogP contribution in [0.3, 0.4) is 0 Å². The first-order valence-corrected chi connectivity index (χ1v) is 10.2. The van der Waals surface area contributed by atoms with Gasteiger partial charge in [0.2, 0.25) is 5.91 Å². The van der Waals surface area contributed by atoms with Gasteiger partial charge in [-0.25, -0.2) is 0 Å². The van der Waals surface area contributed by atoms with E-state index in [1.165, 1.54) is 11.3 Å². The van der Waals surface area contributed by atoms with Crippen LogP contribution in [0.15, 0.2) is 12.4 Å². The average molecular weight is 387 g/mol. The number of nitrogens with zero attached hydrogens (tertiary/aromatic N) is 2. The minimum Gasteiger partial charge on any atom is -0.488 e. The standard InChI is InChI=1S/C18H21N5O3S/c24-17(10-2-1-3-10)20-8-12-9-26-14-13-16(18(25)19-4-5-23(12)13)27-15(14)11-6-21-22-7-11/h6-7,10,12H,1-5,8-9H2,(H,19,25)(H,20,24)(H,21,22). The number of rotatable bonds is 4. The summed E-state index contributed by atoms with van der Waals surface area (Å²) in [4.78, 5) is 28.6. The molecule has 1 fully saturated rings. The Kier molecular flexibility index (Phi) is 4.04. The number of hydrogen-bond acceptors (Lipinski definition) is 6. The number of nitrogens with one attached hydrogen (secondary N) is 3. The molecule has 2 amide bonds. The molecule has 1 aliphatic carbocycles. The van der Waals surface area contributed by atoms with Crippen LogP contribution in [0.4, 0.5) is 5.69 Å². The summed E-state index contributed by atoms with van der Waals surface area (Å²) in [5, 5.41) is 12.9. The summed E-state index contributed by atoms with van der Waals surface area (Å²) >= 11 is 1.43. The highest BCUT2D eigenvalue weighted by Crippen LogP contribution is 2.50. The number of thiophene rings is 1. The fourth-order valence-electron chi connectivity index (χ4n) is 3.84. The fraction of sp³-hybridized carbons (Fsp3) is 0.500. The van der Waals surface area contributed by atoms with E-state index in [0.717, 1.165) is 41.1 Å². The SMILES string of the molecule is O=C1NCCN2c3c1sc(-c1cn[nH]c1)c3OCC2CNC(=O)C1CCC1. The molecule has 9 heteroatoms. The van der Waals surface area contributed by atoms with Crippen LogP contribution < -0.4 is 20.3 Å². The van der Waals surface area contributed by atoms with Crippen molar-refractivity contribution in [3.05, 3.63) is 17.3 Å². The maximum Gasteiger partial charge on any atom is 0.263 e.